The maximum atomic E-state index is 13.3. The fraction of sp³-hybridized carbons (Fsp3) is 0.176. The minimum Gasteiger partial charge on any atom is -0.491 e. The molecule has 2 aromatic carbocycles. The lowest BCUT2D eigenvalue weighted by molar-refractivity contribution is 0.242. The molecule has 0 atom stereocenters. The second kappa shape index (κ2) is 6.48. The Morgan fingerprint density at radius 3 is 2.74 bits per heavy atom. The molecule has 0 aliphatic rings. The number of nitrogens with zero attached hydrogens (tertiary/aromatic N) is 3. The van der Waals surface area contributed by atoms with Crippen molar-refractivity contribution in [3.05, 3.63) is 60.7 Å². The molecule has 23 heavy (non-hydrogen) atoms. The quantitative estimate of drug-likeness (QED) is 0.775. The van der Waals surface area contributed by atoms with Gasteiger partial charge >= 0.3 is 0 Å². The zero-order chi connectivity index (χ0) is 16.2. The van der Waals surface area contributed by atoms with Crippen LogP contribution < -0.4 is 10.1 Å². The number of aromatic nitrogens is 3. The van der Waals surface area contributed by atoms with Gasteiger partial charge in [0.15, 0.2) is 0 Å². The van der Waals surface area contributed by atoms with E-state index in [1.54, 1.807) is 12.1 Å². The van der Waals surface area contributed by atoms with E-state index in [-0.39, 0.29) is 11.9 Å². The number of rotatable bonds is 5. The topological polar surface area (TPSA) is 52.0 Å². The molecular weight excluding hydrogens is 295 g/mol. The van der Waals surface area contributed by atoms with Crippen LogP contribution in [0.2, 0.25) is 0 Å². The van der Waals surface area contributed by atoms with Crippen LogP contribution in [0.5, 0.6) is 5.75 Å². The number of hydrogen-bond acceptors (Lipinski definition) is 4. The van der Waals surface area contributed by atoms with Crippen molar-refractivity contribution >= 4 is 11.6 Å². The Balaban J connectivity index is 1.77. The van der Waals surface area contributed by atoms with Gasteiger partial charge in [0.05, 0.1) is 11.8 Å². The van der Waals surface area contributed by atoms with Crippen LogP contribution in [-0.4, -0.2) is 20.9 Å². The normalized spacial score (nSPS) is 10.8. The predicted octanol–water partition coefficient (Wildman–Crippen LogP) is 3.94. The van der Waals surface area contributed by atoms with E-state index in [0.717, 1.165) is 11.4 Å². The van der Waals surface area contributed by atoms with E-state index in [4.69, 9.17) is 4.74 Å². The largest absolute Gasteiger partial charge is 0.491 e. The summed E-state index contributed by atoms with van der Waals surface area (Å²) >= 11 is 0. The number of ether oxygens (including phenoxy) is 1. The summed E-state index contributed by atoms with van der Waals surface area (Å²) in [6, 6.07) is 13.7. The van der Waals surface area contributed by atoms with E-state index in [1.807, 2.05) is 38.1 Å². The average molecular weight is 312 g/mol. The highest BCUT2D eigenvalue weighted by Crippen LogP contribution is 2.21. The summed E-state index contributed by atoms with van der Waals surface area (Å²) in [6.45, 7) is 3.95. The highest BCUT2D eigenvalue weighted by Gasteiger charge is 2.05. The lowest BCUT2D eigenvalue weighted by atomic mass is 10.3. The van der Waals surface area contributed by atoms with Crippen molar-refractivity contribution in [2.45, 2.75) is 20.0 Å². The monoisotopic (exact) mass is 312 g/mol. The van der Waals surface area contributed by atoms with Gasteiger partial charge in [-0.25, -0.2) is 9.07 Å². The predicted molar refractivity (Wildman–Crippen MR) is 86.8 cm³/mol. The molecule has 3 aromatic rings. The highest BCUT2D eigenvalue weighted by atomic mass is 19.1. The van der Waals surface area contributed by atoms with Gasteiger partial charge in [-0.1, -0.05) is 12.1 Å². The Morgan fingerprint density at radius 1 is 1.13 bits per heavy atom. The van der Waals surface area contributed by atoms with Crippen molar-refractivity contribution in [2.24, 2.45) is 0 Å². The van der Waals surface area contributed by atoms with Crippen LogP contribution in [0, 0.1) is 5.82 Å². The fourth-order valence-electron chi connectivity index (χ4n) is 2.11. The molecule has 1 heterocycles. The number of anilines is 2. The summed E-state index contributed by atoms with van der Waals surface area (Å²) in [5, 5.41) is 7.40. The van der Waals surface area contributed by atoms with Gasteiger partial charge in [-0.3, -0.25) is 0 Å². The van der Waals surface area contributed by atoms with E-state index < -0.39 is 0 Å². The van der Waals surface area contributed by atoms with Gasteiger partial charge in [0.1, 0.15) is 17.9 Å². The molecule has 0 fully saturated rings. The number of benzene rings is 2. The highest BCUT2D eigenvalue weighted by molar-refractivity contribution is 5.55. The summed E-state index contributed by atoms with van der Waals surface area (Å²) in [5.74, 6) is 0.886. The standard InChI is InChI=1S/C17H17FN4O/c1-12(2)23-16-8-4-6-14(10-16)20-17-19-11-22(21-17)15-7-3-5-13(18)9-15/h3-12H,1-2H3,(H,20,21). The summed E-state index contributed by atoms with van der Waals surface area (Å²) in [7, 11) is 0. The van der Waals surface area contributed by atoms with Gasteiger partial charge in [-0.2, -0.15) is 4.98 Å². The molecule has 0 unspecified atom stereocenters. The molecule has 0 saturated heterocycles. The fourth-order valence-corrected chi connectivity index (χ4v) is 2.11. The first kappa shape index (κ1) is 15.0. The molecule has 118 valence electrons. The molecule has 0 radical (unpaired) electrons. The third kappa shape index (κ3) is 3.85. The Bertz CT molecular complexity index is 801. The zero-order valence-electron chi connectivity index (χ0n) is 12.9. The Kier molecular flexibility index (Phi) is 4.23. The Labute approximate surface area is 133 Å². The summed E-state index contributed by atoms with van der Waals surface area (Å²) in [6.07, 6.45) is 1.64. The summed E-state index contributed by atoms with van der Waals surface area (Å²) < 4.78 is 20.4. The van der Waals surface area contributed by atoms with Gasteiger partial charge < -0.3 is 10.1 Å². The first-order chi connectivity index (χ1) is 11.1. The summed E-state index contributed by atoms with van der Waals surface area (Å²) in [4.78, 5) is 4.19. The van der Waals surface area contributed by atoms with E-state index in [2.05, 4.69) is 15.4 Å². The lowest BCUT2D eigenvalue weighted by Gasteiger charge is -2.10. The second-order valence-corrected chi connectivity index (χ2v) is 5.31. The van der Waals surface area contributed by atoms with Gasteiger partial charge in [0, 0.05) is 11.8 Å². The minimum atomic E-state index is -0.314. The van der Waals surface area contributed by atoms with Crippen LogP contribution in [0.25, 0.3) is 5.69 Å². The maximum absolute atomic E-state index is 13.3. The van der Waals surface area contributed by atoms with Crippen LogP contribution in [0.4, 0.5) is 16.0 Å². The molecule has 3 rings (SSSR count). The summed E-state index contributed by atoms with van der Waals surface area (Å²) in [5.41, 5.74) is 1.43. The van der Waals surface area contributed by atoms with Gasteiger partial charge in [0.2, 0.25) is 5.95 Å². The lowest BCUT2D eigenvalue weighted by Crippen LogP contribution is -2.05. The molecule has 1 aromatic heterocycles. The molecule has 0 bridgehead atoms. The van der Waals surface area contributed by atoms with Crippen molar-refractivity contribution in [1.82, 2.24) is 14.8 Å². The van der Waals surface area contributed by atoms with Crippen LogP contribution >= 0.6 is 0 Å². The third-order valence-corrected chi connectivity index (χ3v) is 3.03. The molecule has 0 aliphatic carbocycles. The number of halogens is 1. The second-order valence-electron chi connectivity index (χ2n) is 5.31. The molecule has 0 amide bonds. The Morgan fingerprint density at radius 2 is 1.96 bits per heavy atom. The number of nitrogens with one attached hydrogen (secondary N) is 1. The van der Waals surface area contributed by atoms with Crippen molar-refractivity contribution in [1.29, 1.82) is 0 Å². The first-order valence-electron chi connectivity index (χ1n) is 7.31. The smallest absolute Gasteiger partial charge is 0.246 e. The van der Waals surface area contributed by atoms with E-state index in [1.165, 1.54) is 23.1 Å². The molecule has 1 N–H and O–H groups in total. The van der Waals surface area contributed by atoms with Crippen molar-refractivity contribution in [3.8, 4) is 11.4 Å². The van der Waals surface area contributed by atoms with Crippen LogP contribution in [0.3, 0.4) is 0 Å². The zero-order valence-corrected chi connectivity index (χ0v) is 12.9. The average Bonchev–Trinajstić information content (AvgIpc) is 2.95. The van der Waals surface area contributed by atoms with E-state index in [9.17, 15) is 4.39 Å². The van der Waals surface area contributed by atoms with Gasteiger partial charge in [-0.05, 0) is 44.2 Å². The molecule has 0 spiro atoms. The third-order valence-electron chi connectivity index (χ3n) is 3.03. The van der Waals surface area contributed by atoms with Crippen LogP contribution in [-0.2, 0) is 0 Å². The Hall–Kier alpha value is -2.89. The minimum absolute atomic E-state index is 0.107. The van der Waals surface area contributed by atoms with E-state index in [0.29, 0.717) is 11.6 Å². The molecule has 0 saturated carbocycles. The van der Waals surface area contributed by atoms with E-state index >= 15 is 0 Å². The van der Waals surface area contributed by atoms with Gasteiger partial charge in [-0.15, -0.1) is 5.10 Å². The van der Waals surface area contributed by atoms with Crippen LogP contribution in [0.1, 0.15) is 13.8 Å². The van der Waals surface area contributed by atoms with Gasteiger partial charge in [0.25, 0.3) is 0 Å². The number of hydrogen-bond donors (Lipinski definition) is 1. The molecular formula is C17H17FN4O. The molecule has 5 nitrogen and oxygen atoms in total. The van der Waals surface area contributed by atoms with Crippen molar-refractivity contribution < 1.29 is 9.13 Å². The van der Waals surface area contributed by atoms with Crippen molar-refractivity contribution in [2.75, 3.05) is 5.32 Å². The molecule has 6 heteroatoms. The SMILES string of the molecule is CC(C)Oc1cccc(Nc2ncn(-c3cccc(F)c3)n2)c1. The first-order valence-corrected chi connectivity index (χ1v) is 7.31. The maximum Gasteiger partial charge on any atom is 0.246 e. The molecule has 0 aliphatic heterocycles. The van der Waals surface area contributed by atoms with Crippen molar-refractivity contribution in [3.63, 3.8) is 0 Å². The van der Waals surface area contributed by atoms with Crippen LogP contribution in [0.15, 0.2) is 54.9 Å².